The largest absolute Gasteiger partial charge is 0.379 e. The molecule has 0 spiro atoms. The molecule has 0 bridgehead atoms. The summed E-state index contributed by atoms with van der Waals surface area (Å²) in [4.78, 5) is 20.6. The second-order valence-corrected chi connectivity index (χ2v) is 3.39. The number of nitrogens with zero attached hydrogens (tertiary/aromatic N) is 1. The monoisotopic (exact) mass is 259 g/mol. The van der Waals surface area contributed by atoms with Crippen molar-refractivity contribution in [3.8, 4) is 0 Å². The van der Waals surface area contributed by atoms with E-state index < -0.39 is 22.2 Å². The van der Waals surface area contributed by atoms with Gasteiger partial charge in [-0.3, -0.25) is 14.9 Å². The molecule has 0 atom stereocenters. The minimum atomic E-state index is -1.26. The van der Waals surface area contributed by atoms with Crippen molar-refractivity contribution < 1.29 is 18.5 Å². The van der Waals surface area contributed by atoms with Gasteiger partial charge in [-0.1, -0.05) is 0 Å². The average molecular weight is 259 g/mol. The highest BCUT2D eigenvalue weighted by Gasteiger charge is 2.21. The van der Waals surface area contributed by atoms with Crippen LogP contribution in [0.4, 0.5) is 20.2 Å². The van der Waals surface area contributed by atoms with Crippen molar-refractivity contribution in [3.05, 3.63) is 33.9 Å². The SMILES string of the molecule is CNC(=O)CCNc1cc(F)cc(F)c1[N+](=O)[O-]. The lowest BCUT2D eigenvalue weighted by Crippen LogP contribution is -2.21. The Bertz CT molecular complexity index is 480. The van der Waals surface area contributed by atoms with Crippen LogP contribution in [0.3, 0.4) is 0 Å². The summed E-state index contributed by atoms with van der Waals surface area (Å²) in [6, 6.07) is 1.24. The number of nitro benzene ring substituents is 1. The van der Waals surface area contributed by atoms with Gasteiger partial charge in [-0.25, -0.2) is 4.39 Å². The Morgan fingerprint density at radius 1 is 1.44 bits per heavy atom. The molecule has 0 aliphatic heterocycles. The molecule has 0 saturated heterocycles. The predicted octanol–water partition coefficient (Wildman–Crippen LogP) is 1.42. The van der Waals surface area contributed by atoms with Gasteiger partial charge < -0.3 is 10.6 Å². The van der Waals surface area contributed by atoms with Crippen molar-refractivity contribution >= 4 is 17.3 Å². The first-order valence-corrected chi connectivity index (χ1v) is 5.03. The lowest BCUT2D eigenvalue weighted by Gasteiger charge is -2.07. The first-order chi connectivity index (χ1) is 8.45. The number of hydrogen-bond donors (Lipinski definition) is 2. The van der Waals surface area contributed by atoms with E-state index in [9.17, 15) is 23.7 Å². The molecule has 1 aromatic carbocycles. The summed E-state index contributed by atoms with van der Waals surface area (Å²) < 4.78 is 26.2. The molecule has 6 nitrogen and oxygen atoms in total. The Kier molecular flexibility index (Phi) is 4.52. The molecule has 0 heterocycles. The zero-order chi connectivity index (χ0) is 13.7. The summed E-state index contributed by atoms with van der Waals surface area (Å²) in [7, 11) is 1.44. The summed E-state index contributed by atoms with van der Waals surface area (Å²) in [6.07, 6.45) is 0.0335. The molecular formula is C10H11F2N3O3. The first-order valence-electron chi connectivity index (χ1n) is 5.03. The third-order valence-electron chi connectivity index (χ3n) is 2.16. The molecule has 0 radical (unpaired) electrons. The quantitative estimate of drug-likeness (QED) is 0.618. The molecule has 1 amide bonds. The number of benzene rings is 1. The van der Waals surface area contributed by atoms with Crippen molar-refractivity contribution in [2.75, 3.05) is 18.9 Å². The fraction of sp³-hybridized carbons (Fsp3) is 0.300. The molecule has 0 fully saturated rings. The summed E-state index contributed by atoms with van der Waals surface area (Å²) in [6.45, 7) is 0.0312. The van der Waals surface area contributed by atoms with E-state index >= 15 is 0 Å². The number of anilines is 1. The van der Waals surface area contributed by atoms with Gasteiger partial charge in [0.15, 0.2) is 0 Å². The highest BCUT2D eigenvalue weighted by molar-refractivity contribution is 5.76. The fourth-order valence-electron chi connectivity index (χ4n) is 1.32. The fourth-order valence-corrected chi connectivity index (χ4v) is 1.32. The minimum absolute atomic E-state index is 0.0312. The zero-order valence-corrected chi connectivity index (χ0v) is 9.50. The van der Waals surface area contributed by atoms with E-state index in [1.807, 2.05) is 0 Å². The Hall–Kier alpha value is -2.25. The molecule has 0 aliphatic rings. The highest BCUT2D eigenvalue weighted by atomic mass is 19.1. The van der Waals surface area contributed by atoms with Crippen molar-refractivity contribution in [1.82, 2.24) is 5.32 Å². The van der Waals surface area contributed by atoms with Gasteiger partial charge in [0, 0.05) is 32.1 Å². The van der Waals surface area contributed by atoms with Crippen LogP contribution in [-0.2, 0) is 4.79 Å². The van der Waals surface area contributed by atoms with Gasteiger partial charge in [0.25, 0.3) is 0 Å². The van der Waals surface area contributed by atoms with Gasteiger partial charge in [-0.2, -0.15) is 4.39 Å². The van der Waals surface area contributed by atoms with Gasteiger partial charge in [-0.15, -0.1) is 0 Å². The number of halogens is 2. The molecule has 0 aromatic heterocycles. The maximum Gasteiger partial charge on any atom is 0.327 e. The van der Waals surface area contributed by atoms with E-state index in [0.717, 1.165) is 6.07 Å². The standard InChI is InChI=1S/C10H11F2N3O3/c1-13-9(16)2-3-14-8-5-6(11)4-7(12)10(8)15(17)18/h4-5,14H,2-3H2,1H3,(H,13,16). The molecule has 98 valence electrons. The summed E-state index contributed by atoms with van der Waals surface area (Å²) in [5, 5.41) is 15.4. The number of nitro groups is 1. The van der Waals surface area contributed by atoms with Crippen LogP contribution < -0.4 is 10.6 Å². The molecule has 0 aliphatic carbocycles. The molecule has 0 saturated carbocycles. The Morgan fingerprint density at radius 2 is 2.11 bits per heavy atom. The molecule has 2 N–H and O–H groups in total. The van der Waals surface area contributed by atoms with E-state index in [4.69, 9.17) is 0 Å². The van der Waals surface area contributed by atoms with Gasteiger partial charge in [0.05, 0.1) is 4.92 Å². The van der Waals surface area contributed by atoms with E-state index in [1.54, 1.807) is 0 Å². The number of nitrogens with one attached hydrogen (secondary N) is 2. The normalized spacial score (nSPS) is 9.94. The minimum Gasteiger partial charge on any atom is -0.379 e. The lowest BCUT2D eigenvalue weighted by atomic mass is 10.2. The predicted molar refractivity (Wildman–Crippen MR) is 60.2 cm³/mol. The van der Waals surface area contributed by atoms with Crippen molar-refractivity contribution in [2.45, 2.75) is 6.42 Å². The van der Waals surface area contributed by atoms with Crippen LogP contribution in [0, 0.1) is 21.7 Å². The molecule has 0 unspecified atom stereocenters. The second-order valence-electron chi connectivity index (χ2n) is 3.39. The lowest BCUT2D eigenvalue weighted by molar-refractivity contribution is -0.386. The number of amides is 1. The molecule has 8 heteroatoms. The third kappa shape index (κ3) is 3.37. The van der Waals surface area contributed by atoms with Crippen LogP contribution in [-0.4, -0.2) is 24.4 Å². The second kappa shape index (κ2) is 5.89. The van der Waals surface area contributed by atoms with Gasteiger partial charge in [0.2, 0.25) is 11.7 Å². The number of hydrogen-bond acceptors (Lipinski definition) is 4. The van der Waals surface area contributed by atoms with Crippen LogP contribution in [0.5, 0.6) is 0 Å². The van der Waals surface area contributed by atoms with Gasteiger partial charge in [-0.05, 0) is 0 Å². The van der Waals surface area contributed by atoms with Crippen LogP contribution in [0.1, 0.15) is 6.42 Å². The van der Waals surface area contributed by atoms with Gasteiger partial charge >= 0.3 is 5.69 Å². The van der Waals surface area contributed by atoms with Crippen LogP contribution in [0.15, 0.2) is 12.1 Å². The van der Waals surface area contributed by atoms with E-state index in [-0.39, 0.29) is 24.6 Å². The third-order valence-corrected chi connectivity index (χ3v) is 2.16. The van der Waals surface area contributed by atoms with Crippen molar-refractivity contribution in [2.24, 2.45) is 0 Å². The number of carbonyl (C=O) groups excluding carboxylic acids is 1. The van der Waals surface area contributed by atoms with Crippen LogP contribution in [0.25, 0.3) is 0 Å². The van der Waals surface area contributed by atoms with Crippen molar-refractivity contribution in [1.29, 1.82) is 0 Å². The molecule has 18 heavy (non-hydrogen) atoms. The zero-order valence-electron chi connectivity index (χ0n) is 9.50. The highest BCUT2D eigenvalue weighted by Crippen LogP contribution is 2.28. The molecule has 1 aromatic rings. The van der Waals surface area contributed by atoms with Crippen molar-refractivity contribution in [3.63, 3.8) is 0 Å². The maximum absolute atomic E-state index is 13.2. The van der Waals surface area contributed by atoms with E-state index in [0.29, 0.717) is 6.07 Å². The number of rotatable bonds is 5. The Labute approximate surface area is 101 Å². The maximum atomic E-state index is 13.2. The van der Waals surface area contributed by atoms with E-state index in [1.165, 1.54) is 7.05 Å². The Balaban J connectivity index is 2.87. The topological polar surface area (TPSA) is 84.3 Å². The Morgan fingerprint density at radius 3 is 2.67 bits per heavy atom. The van der Waals surface area contributed by atoms with E-state index in [2.05, 4.69) is 10.6 Å². The summed E-state index contributed by atoms with van der Waals surface area (Å²) >= 11 is 0. The van der Waals surface area contributed by atoms with Gasteiger partial charge in [0.1, 0.15) is 11.5 Å². The van der Waals surface area contributed by atoms with Crippen LogP contribution >= 0.6 is 0 Å². The molecule has 1 rings (SSSR count). The summed E-state index contributed by atoms with van der Waals surface area (Å²) in [5.41, 5.74) is -1.13. The number of carbonyl (C=O) groups is 1. The van der Waals surface area contributed by atoms with Crippen LogP contribution in [0.2, 0.25) is 0 Å². The first kappa shape index (κ1) is 13.8. The molecular weight excluding hydrogens is 248 g/mol. The smallest absolute Gasteiger partial charge is 0.327 e. The summed E-state index contributed by atoms with van der Waals surface area (Å²) in [5.74, 6) is -2.48. The average Bonchev–Trinajstić information content (AvgIpc) is 2.27.